The van der Waals surface area contributed by atoms with Crippen LogP contribution >= 0.6 is 0 Å². The molecule has 0 aliphatic carbocycles. The van der Waals surface area contributed by atoms with Gasteiger partial charge in [0.1, 0.15) is 0 Å². The number of terminal acetylenes is 1. The van der Waals surface area contributed by atoms with Gasteiger partial charge in [0, 0.05) is 12.8 Å². The smallest absolute Gasteiger partial charge is 0.159 e. The number of nitrogens with zero attached hydrogens (tertiary/aromatic N) is 2. The van der Waals surface area contributed by atoms with Crippen LogP contribution in [0.1, 0.15) is 45.4 Å². The van der Waals surface area contributed by atoms with Crippen LogP contribution in [0.2, 0.25) is 0 Å². The highest BCUT2D eigenvalue weighted by Gasteiger charge is 2.37. The zero-order chi connectivity index (χ0) is 8.86. The number of rotatable bonds is 6. The number of unbranched alkanes of at least 4 members (excludes halogenated alkanes) is 2. The summed E-state index contributed by atoms with van der Waals surface area (Å²) in [6.45, 7) is 2.20. The molecule has 2 heteroatoms. The first-order valence-electron chi connectivity index (χ1n) is 4.70. The summed E-state index contributed by atoms with van der Waals surface area (Å²) in [4.78, 5) is 0. The predicted molar refractivity (Wildman–Crippen MR) is 49.8 cm³/mol. The van der Waals surface area contributed by atoms with Crippen LogP contribution in [0.3, 0.4) is 0 Å². The first-order chi connectivity index (χ1) is 5.83. The van der Waals surface area contributed by atoms with Gasteiger partial charge in [-0.1, -0.05) is 19.8 Å². The molecule has 1 aliphatic rings. The molecule has 66 valence electrons. The minimum Gasteiger partial charge on any atom is -0.159 e. The molecule has 0 saturated carbocycles. The molecule has 2 nitrogen and oxygen atoms in total. The van der Waals surface area contributed by atoms with Crippen LogP contribution in [0.4, 0.5) is 0 Å². The van der Waals surface area contributed by atoms with E-state index in [0.717, 1.165) is 19.3 Å². The van der Waals surface area contributed by atoms with E-state index >= 15 is 0 Å². The Labute approximate surface area is 74.5 Å². The van der Waals surface area contributed by atoms with Crippen molar-refractivity contribution in [3.63, 3.8) is 0 Å². The van der Waals surface area contributed by atoms with Gasteiger partial charge in [-0.2, -0.15) is 10.2 Å². The van der Waals surface area contributed by atoms with E-state index in [1.54, 1.807) is 0 Å². The minimum atomic E-state index is -0.0401. The van der Waals surface area contributed by atoms with Crippen LogP contribution in [0.5, 0.6) is 0 Å². The Morgan fingerprint density at radius 3 is 2.50 bits per heavy atom. The quantitative estimate of drug-likeness (QED) is 0.425. The Hall–Kier alpha value is -0.840. The lowest BCUT2D eigenvalue weighted by Gasteiger charge is -2.06. The third kappa shape index (κ3) is 2.65. The standard InChI is InChI=1S/C10H16N2/c1-3-5-7-9-10(11-12-10)8-6-4-2/h2H,3,5-9H2,1H3. The van der Waals surface area contributed by atoms with Gasteiger partial charge >= 0.3 is 0 Å². The highest BCUT2D eigenvalue weighted by atomic mass is 15.4. The summed E-state index contributed by atoms with van der Waals surface area (Å²) in [6, 6.07) is 0. The molecule has 0 aromatic rings. The normalized spacial score (nSPS) is 17.3. The summed E-state index contributed by atoms with van der Waals surface area (Å²) >= 11 is 0. The molecule has 0 radical (unpaired) electrons. The van der Waals surface area contributed by atoms with Crippen LogP contribution < -0.4 is 0 Å². The first kappa shape index (κ1) is 9.25. The maximum atomic E-state index is 5.18. The van der Waals surface area contributed by atoms with E-state index in [-0.39, 0.29) is 5.66 Å². The highest BCUT2D eigenvalue weighted by Crippen LogP contribution is 2.37. The molecule has 1 heterocycles. The summed E-state index contributed by atoms with van der Waals surface area (Å²) in [7, 11) is 0. The Kier molecular flexibility index (Phi) is 3.28. The molecular formula is C10H16N2. The summed E-state index contributed by atoms with van der Waals surface area (Å²) in [6.07, 6.45) is 11.8. The predicted octanol–water partition coefficient (Wildman–Crippen LogP) is 3.14. The average molecular weight is 164 g/mol. The van der Waals surface area contributed by atoms with Gasteiger partial charge in [0.15, 0.2) is 5.66 Å². The fourth-order valence-corrected chi connectivity index (χ4v) is 1.33. The summed E-state index contributed by atoms with van der Waals surface area (Å²) in [5, 5.41) is 8.15. The Bertz CT molecular complexity index is 194. The Morgan fingerprint density at radius 1 is 1.25 bits per heavy atom. The fourth-order valence-electron chi connectivity index (χ4n) is 1.33. The lowest BCUT2D eigenvalue weighted by atomic mass is 10.0. The second-order valence-corrected chi connectivity index (χ2v) is 3.34. The van der Waals surface area contributed by atoms with E-state index in [0.29, 0.717) is 0 Å². The lowest BCUT2D eigenvalue weighted by molar-refractivity contribution is 0.482. The van der Waals surface area contributed by atoms with E-state index in [1.165, 1.54) is 19.3 Å². The minimum absolute atomic E-state index is 0.0401. The molecule has 1 aliphatic heterocycles. The van der Waals surface area contributed by atoms with E-state index in [9.17, 15) is 0 Å². The van der Waals surface area contributed by atoms with E-state index in [2.05, 4.69) is 23.1 Å². The monoisotopic (exact) mass is 164 g/mol. The lowest BCUT2D eigenvalue weighted by Crippen LogP contribution is -2.09. The van der Waals surface area contributed by atoms with Gasteiger partial charge in [-0.15, -0.1) is 12.3 Å². The molecule has 0 unspecified atom stereocenters. The third-order valence-corrected chi connectivity index (χ3v) is 2.23. The molecule has 0 bridgehead atoms. The van der Waals surface area contributed by atoms with E-state index in [4.69, 9.17) is 6.42 Å². The Morgan fingerprint density at radius 2 is 2.00 bits per heavy atom. The van der Waals surface area contributed by atoms with Crippen molar-refractivity contribution in [3.05, 3.63) is 0 Å². The SMILES string of the molecule is C#CCCC1(CCCCC)N=N1. The maximum absolute atomic E-state index is 5.18. The van der Waals surface area contributed by atoms with Crippen molar-refractivity contribution in [1.29, 1.82) is 0 Å². The van der Waals surface area contributed by atoms with Gasteiger partial charge in [-0.3, -0.25) is 0 Å². The summed E-state index contributed by atoms with van der Waals surface area (Å²) in [5.74, 6) is 2.63. The summed E-state index contributed by atoms with van der Waals surface area (Å²) in [5.41, 5.74) is -0.0401. The van der Waals surface area contributed by atoms with Crippen LogP contribution in [-0.4, -0.2) is 5.66 Å². The average Bonchev–Trinajstić information content (AvgIpc) is 2.83. The zero-order valence-electron chi connectivity index (χ0n) is 7.71. The van der Waals surface area contributed by atoms with Gasteiger partial charge in [0.25, 0.3) is 0 Å². The fraction of sp³-hybridized carbons (Fsp3) is 0.800. The Balaban J connectivity index is 2.09. The maximum Gasteiger partial charge on any atom is 0.191 e. The van der Waals surface area contributed by atoms with Crippen molar-refractivity contribution < 1.29 is 0 Å². The van der Waals surface area contributed by atoms with Crippen molar-refractivity contribution >= 4 is 0 Å². The molecule has 0 N–H and O–H groups in total. The molecule has 0 aromatic carbocycles. The van der Waals surface area contributed by atoms with E-state index < -0.39 is 0 Å². The van der Waals surface area contributed by atoms with Crippen LogP contribution in [-0.2, 0) is 0 Å². The van der Waals surface area contributed by atoms with Crippen LogP contribution in [0, 0.1) is 12.3 Å². The van der Waals surface area contributed by atoms with Gasteiger partial charge < -0.3 is 0 Å². The molecule has 0 aromatic heterocycles. The van der Waals surface area contributed by atoms with Crippen molar-refractivity contribution in [2.45, 2.75) is 51.1 Å². The van der Waals surface area contributed by atoms with Gasteiger partial charge in [0.05, 0.1) is 0 Å². The molecule has 0 saturated heterocycles. The van der Waals surface area contributed by atoms with Crippen molar-refractivity contribution in [1.82, 2.24) is 0 Å². The van der Waals surface area contributed by atoms with Gasteiger partial charge in [-0.25, -0.2) is 0 Å². The third-order valence-electron chi connectivity index (χ3n) is 2.23. The van der Waals surface area contributed by atoms with Crippen molar-refractivity contribution in [3.8, 4) is 12.3 Å². The first-order valence-corrected chi connectivity index (χ1v) is 4.70. The molecule has 12 heavy (non-hydrogen) atoms. The molecule has 0 atom stereocenters. The van der Waals surface area contributed by atoms with Crippen LogP contribution in [0.15, 0.2) is 10.2 Å². The highest BCUT2D eigenvalue weighted by molar-refractivity contribution is 4.97. The van der Waals surface area contributed by atoms with Gasteiger partial charge in [0.2, 0.25) is 0 Å². The summed E-state index contributed by atoms with van der Waals surface area (Å²) < 4.78 is 0. The topological polar surface area (TPSA) is 24.7 Å². The molecule has 0 fully saturated rings. The van der Waals surface area contributed by atoms with Crippen molar-refractivity contribution in [2.75, 3.05) is 0 Å². The van der Waals surface area contributed by atoms with E-state index in [1.807, 2.05) is 0 Å². The van der Waals surface area contributed by atoms with Crippen LogP contribution in [0.25, 0.3) is 0 Å². The second kappa shape index (κ2) is 4.25. The molecule has 0 amide bonds. The van der Waals surface area contributed by atoms with Gasteiger partial charge in [-0.05, 0) is 12.8 Å². The largest absolute Gasteiger partial charge is 0.191 e. The number of hydrogen-bond donors (Lipinski definition) is 0. The number of hydrogen-bond acceptors (Lipinski definition) is 2. The second-order valence-electron chi connectivity index (χ2n) is 3.34. The van der Waals surface area contributed by atoms with Crippen molar-refractivity contribution in [2.24, 2.45) is 10.2 Å². The molecule has 1 rings (SSSR count). The zero-order valence-corrected chi connectivity index (χ0v) is 7.71. The molecule has 0 spiro atoms. The molecular weight excluding hydrogens is 148 g/mol.